The molecule has 1 atom stereocenters. The van der Waals surface area contributed by atoms with Crippen LogP contribution in [0.4, 0.5) is 0 Å². The fourth-order valence-electron chi connectivity index (χ4n) is 3.09. The van der Waals surface area contributed by atoms with E-state index in [1.807, 2.05) is 74.6 Å². The summed E-state index contributed by atoms with van der Waals surface area (Å²) >= 11 is 0. The van der Waals surface area contributed by atoms with Crippen molar-refractivity contribution in [2.24, 2.45) is 0 Å². The van der Waals surface area contributed by atoms with Crippen molar-refractivity contribution in [1.29, 1.82) is 0 Å². The highest BCUT2D eigenvalue weighted by molar-refractivity contribution is 6.02. The largest absolute Gasteiger partial charge is 0.334 e. The van der Waals surface area contributed by atoms with Gasteiger partial charge in [0, 0.05) is 5.56 Å². The molecule has 2 heteroatoms. The first-order chi connectivity index (χ1) is 11.6. The van der Waals surface area contributed by atoms with E-state index in [-0.39, 0.29) is 5.91 Å². The lowest BCUT2D eigenvalue weighted by Gasteiger charge is -2.33. The number of nitrogens with one attached hydrogen (secondary N) is 1. The summed E-state index contributed by atoms with van der Waals surface area (Å²) in [5.74, 6) is -0.0849. The lowest BCUT2D eigenvalue weighted by molar-refractivity contribution is 0.0948. The van der Waals surface area contributed by atoms with Crippen LogP contribution in [0.25, 0.3) is 0 Å². The summed E-state index contributed by atoms with van der Waals surface area (Å²) in [6.07, 6.45) is 15.3. The highest BCUT2D eigenvalue weighted by atomic mass is 16.2. The Hall–Kier alpha value is -2.87. The Morgan fingerprint density at radius 1 is 1.08 bits per heavy atom. The van der Waals surface area contributed by atoms with Crippen molar-refractivity contribution < 1.29 is 4.79 Å². The molecule has 0 saturated carbocycles. The normalized spacial score (nSPS) is 21.2. The number of allylic oxidation sites excluding steroid dienone is 6. The minimum atomic E-state index is -0.768. The zero-order valence-corrected chi connectivity index (χ0v) is 14.3. The van der Waals surface area contributed by atoms with Gasteiger partial charge in [-0.15, -0.1) is 0 Å². The molecule has 0 aliphatic carbocycles. The van der Waals surface area contributed by atoms with E-state index in [1.165, 1.54) is 0 Å². The summed E-state index contributed by atoms with van der Waals surface area (Å²) in [7, 11) is 0. The second-order valence-electron chi connectivity index (χ2n) is 5.46. The molecule has 122 valence electrons. The topological polar surface area (TPSA) is 29.1 Å². The van der Waals surface area contributed by atoms with Crippen LogP contribution in [-0.4, -0.2) is 5.91 Å². The molecule has 1 N–H and O–H groups in total. The Morgan fingerprint density at radius 2 is 1.83 bits per heavy atom. The summed E-state index contributed by atoms with van der Waals surface area (Å²) in [5, 5.41) is 3.18. The van der Waals surface area contributed by atoms with E-state index >= 15 is 0 Å². The summed E-state index contributed by atoms with van der Waals surface area (Å²) in [5.41, 5.74) is 2.69. The predicted octanol–water partition coefficient (Wildman–Crippen LogP) is 5.00. The number of carbonyl (C=O) groups excluding carboxylic acids is 1. The first-order valence-corrected chi connectivity index (χ1v) is 7.99. The zero-order chi connectivity index (χ0) is 17.6. The number of fused-ring (bicyclic) bond motifs is 1. The van der Waals surface area contributed by atoms with Gasteiger partial charge in [0.15, 0.2) is 0 Å². The average Bonchev–Trinajstić information content (AvgIpc) is 2.90. The molecule has 24 heavy (non-hydrogen) atoms. The van der Waals surface area contributed by atoms with Crippen molar-refractivity contribution >= 4 is 5.91 Å². The quantitative estimate of drug-likeness (QED) is 0.735. The van der Waals surface area contributed by atoms with E-state index in [0.717, 1.165) is 16.7 Å². The van der Waals surface area contributed by atoms with E-state index in [9.17, 15) is 4.79 Å². The minimum Gasteiger partial charge on any atom is -0.334 e. The molecule has 1 aromatic rings. The third-order valence-corrected chi connectivity index (χ3v) is 4.07. The van der Waals surface area contributed by atoms with Gasteiger partial charge in [-0.1, -0.05) is 80.0 Å². The number of hydrogen-bond donors (Lipinski definition) is 1. The van der Waals surface area contributed by atoms with Gasteiger partial charge in [0.25, 0.3) is 5.91 Å². The molecular weight excluding hydrogens is 294 g/mol. The summed E-state index contributed by atoms with van der Waals surface area (Å²) in [6, 6.07) is 7.67. The molecule has 1 aromatic carbocycles. The van der Waals surface area contributed by atoms with E-state index in [1.54, 1.807) is 12.2 Å². The third kappa shape index (κ3) is 2.83. The third-order valence-electron chi connectivity index (χ3n) is 4.07. The van der Waals surface area contributed by atoms with Crippen molar-refractivity contribution in [3.63, 3.8) is 0 Å². The Labute approximate surface area is 144 Å². The molecule has 0 bridgehead atoms. The van der Waals surface area contributed by atoms with Crippen molar-refractivity contribution in [2.75, 3.05) is 0 Å². The van der Waals surface area contributed by atoms with Gasteiger partial charge in [0.2, 0.25) is 0 Å². The molecule has 1 unspecified atom stereocenters. The highest BCUT2D eigenvalue weighted by Gasteiger charge is 2.46. The standard InChI is InChI=1S/C22H23NO/c1-5-9-14-17(8-4)22(18(12-6-2)13-7-3)20-16-11-10-15-19(20)21(24)23-22/h5-16H,2,4H2,1,3H3,(H,23,24)/b9-5-,13-7-,17-14+,18-12+. The molecule has 1 aliphatic heterocycles. The van der Waals surface area contributed by atoms with Crippen molar-refractivity contribution in [3.8, 4) is 0 Å². The monoisotopic (exact) mass is 317 g/mol. The van der Waals surface area contributed by atoms with Crippen molar-refractivity contribution in [1.82, 2.24) is 5.32 Å². The molecular formula is C22H23NO. The first kappa shape index (κ1) is 17.5. The van der Waals surface area contributed by atoms with Crippen LogP contribution >= 0.6 is 0 Å². The van der Waals surface area contributed by atoms with Gasteiger partial charge < -0.3 is 5.32 Å². The fourth-order valence-corrected chi connectivity index (χ4v) is 3.09. The van der Waals surface area contributed by atoms with Gasteiger partial charge in [-0.2, -0.15) is 0 Å². The van der Waals surface area contributed by atoms with Crippen LogP contribution in [0.2, 0.25) is 0 Å². The summed E-state index contributed by atoms with van der Waals surface area (Å²) in [6.45, 7) is 11.7. The number of benzene rings is 1. The fraction of sp³-hybridized carbons (Fsp3) is 0.136. The molecule has 1 amide bonds. The van der Waals surface area contributed by atoms with Crippen LogP contribution in [0, 0.1) is 0 Å². The van der Waals surface area contributed by atoms with E-state index < -0.39 is 5.54 Å². The van der Waals surface area contributed by atoms with E-state index in [4.69, 9.17) is 0 Å². The molecule has 2 nitrogen and oxygen atoms in total. The van der Waals surface area contributed by atoms with Gasteiger partial charge in [-0.05, 0) is 36.6 Å². The van der Waals surface area contributed by atoms with Crippen molar-refractivity contribution in [2.45, 2.75) is 19.4 Å². The molecule has 0 spiro atoms. The molecule has 0 radical (unpaired) electrons. The Morgan fingerprint density at radius 3 is 2.46 bits per heavy atom. The minimum absolute atomic E-state index is 0.0849. The molecule has 1 aliphatic rings. The van der Waals surface area contributed by atoms with E-state index in [2.05, 4.69) is 18.5 Å². The van der Waals surface area contributed by atoms with Crippen LogP contribution in [-0.2, 0) is 5.54 Å². The van der Waals surface area contributed by atoms with Gasteiger partial charge in [-0.25, -0.2) is 0 Å². The summed E-state index contributed by atoms with van der Waals surface area (Å²) < 4.78 is 0. The number of carbonyl (C=O) groups is 1. The lowest BCUT2D eigenvalue weighted by atomic mass is 9.76. The van der Waals surface area contributed by atoms with Crippen LogP contribution < -0.4 is 5.32 Å². The Balaban J connectivity index is 2.87. The SMILES string of the molecule is C=C/C=C(\C=C/C)C1(/C(C=C)=C/C=C\C)NC(=O)c2ccccc21. The maximum Gasteiger partial charge on any atom is 0.252 e. The molecule has 2 rings (SSSR count). The first-order valence-electron chi connectivity index (χ1n) is 7.99. The van der Waals surface area contributed by atoms with Gasteiger partial charge in [0.05, 0.1) is 0 Å². The van der Waals surface area contributed by atoms with Crippen molar-refractivity contribution in [3.05, 3.63) is 108 Å². The smallest absolute Gasteiger partial charge is 0.252 e. The number of amides is 1. The molecule has 1 heterocycles. The zero-order valence-electron chi connectivity index (χ0n) is 14.3. The molecule has 0 saturated heterocycles. The van der Waals surface area contributed by atoms with Crippen LogP contribution in [0.3, 0.4) is 0 Å². The van der Waals surface area contributed by atoms with Gasteiger partial charge in [0.1, 0.15) is 5.54 Å². The van der Waals surface area contributed by atoms with Crippen LogP contribution in [0.15, 0.2) is 97.2 Å². The van der Waals surface area contributed by atoms with E-state index in [0.29, 0.717) is 5.56 Å². The number of rotatable bonds is 6. The van der Waals surface area contributed by atoms with Crippen LogP contribution in [0.1, 0.15) is 29.8 Å². The summed E-state index contributed by atoms with van der Waals surface area (Å²) in [4.78, 5) is 12.6. The maximum atomic E-state index is 12.6. The van der Waals surface area contributed by atoms with Gasteiger partial charge in [-0.3, -0.25) is 4.79 Å². The maximum absolute atomic E-state index is 12.6. The second kappa shape index (κ2) is 7.60. The Bertz CT molecular complexity index is 777. The van der Waals surface area contributed by atoms with Crippen LogP contribution in [0.5, 0.6) is 0 Å². The van der Waals surface area contributed by atoms with Gasteiger partial charge >= 0.3 is 0 Å². The number of hydrogen-bond acceptors (Lipinski definition) is 1. The molecule has 0 aromatic heterocycles. The Kier molecular flexibility index (Phi) is 5.54. The predicted molar refractivity (Wildman–Crippen MR) is 102 cm³/mol. The molecule has 0 fully saturated rings. The second-order valence-corrected chi connectivity index (χ2v) is 5.46. The highest BCUT2D eigenvalue weighted by Crippen LogP contribution is 2.44. The lowest BCUT2D eigenvalue weighted by Crippen LogP contribution is -2.42. The average molecular weight is 317 g/mol.